The number of ether oxygens (including phenoxy) is 2. The summed E-state index contributed by atoms with van der Waals surface area (Å²) in [5.74, 6) is 0.306. The van der Waals surface area contributed by atoms with E-state index in [2.05, 4.69) is 0 Å². The molecule has 2 saturated heterocycles. The first-order valence-electron chi connectivity index (χ1n) is 12.6. The number of methoxy groups -OCH3 is 1. The second-order valence-corrected chi connectivity index (χ2v) is 9.86. The molecule has 218 valence electrons. The Bertz CT molecular complexity index is 1440. The zero-order valence-corrected chi connectivity index (χ0v) is 21.8. The SMILES string of the molecule is COc1cc(F)ccc1-c1ccc(N2CCC2)nc1CN1C(=O)O[C@H](c2cc(C(F)(F)F)cc(C(F)(F)F)c2)[C@@H]1C. The third-order valence-corrected chi connectivity index (χ3v) is 7.24. The van der Waals surface area contributed by atoms with E-state index in [1.54, 1.807) is 12.1 Å². The molecular formula is C28H24F7N3O3. The molecule has 0 aliphatic carbocycles. The number of nitrogens with zero attached hydrogens (tertiary/aromatic N) is 3. The van der Waals surface area contributed by atoms with Crippen LogP contribution in [0.3, 0.4) is 0 Å². The molecule has 0 saturated carbocycles. The molecular weight excluding hydrogens is 559 g/mol. The molecule has 2 fully saturated rings. The summed E-state index contributed by atoms with van der Waals surface area (Å²) in [5.41, 5.74) is -2.08. The van der Waals surface area contributed by atoms with E-state index < -0.39 is 53.1 Å². The van der Waals surface area contributed by atoms with Gasteiger partial charge in [0.25, 0.3) is 0 Å². The maximum absolute atomic E-state index is 13.9. The third kappa shape index (κ3) is 5.62. The molecule has 2 aliphatic rings. The van der Waals surface area contributed by atoms with Crippen LogP contribution in [0.1, 0.15) is 41.8 Å². The standard InChI is InChI=1S/C28H24F7N3O3/c1-15-25(16-10-17(27(30,31)32)12-18(11-16)28(33,34)35)41-26(39)38(15)14-22-20(6-7-24(36-22)37-8-3-9-37)21-5-4-19(29)13-23(21)40-2/h4-7,10-13,15,25H,3,8-9,14H2,1-2H3/t15-,25-/m0/s1. The summed E-state index contributed by atoms with van der Waals surface area (Å²) in [5, 5.41) is 0. The number of rotatable bonds is 6. The number of halogens is 7. The highest BCUT2D eigenvalue weighted by Crippen LogP contribution is 2.42. The maximum Gasteiger partial charge on any atom is 0.416 e. The summed E-state index contributed by atoms with van der Waals surface area (Å²) < 4.78 is 105. The molecule has 5 rings (SSSR count). The fourth-order valence-corrected chi connectivity index (χ4v) is 4.93. The first-order valence-corrected chi connectivity index (χ1v) is 12.6. The molecule has 0 unspecified atom stereocenters. The molecule has 0 N–H and O–H groups in total. The van der Waals surface area contributed by atoms with Crippen LogP contribution in [0.15, 0.2) is 48.5 Å². The molecule has 0 radical (unpaired) electrons. The fraction of sp³-hybridized carbons (Fsp3) is 0.357. The molecule has 1 aromatic heterocycles. The smallest absolute Gasteiger partial charge is 0.416 e. The van der Waals surface area contributed by atoms with Crippen LogP contribution >= 0.6 is 0 Å². The van der Waals surface area contributed by atoms with Gasteiger partial charge in [0, 0.05) is 30.3 Å². The van der Waals surface area contributed by atoms with Crippen molar-refractivity contribution in [3.63, 3.8) is 0 Å². The van der Waals surface area contributed by atoms with Crippen molar-refractivity contribution in [3.05, 3.63) is 76.7 Å². The molecule has 13 heteroatoms. The van der Waals surface area contributed by atoms with Gasteiger partial charge in [0.05, 0.1) is 36.5 Å². The number of hydrogen-bond acceptors (Lipinski definition) is 5. The Kier molecular flexibility index (Phi) is 7.24. The largest absolute Gasteiger partial charge is 0.496 e. The molecule has 1 amide bonds. The average molecular weight is 584 g/mol. The lowest BCUT2D eigenvalue weighted by Gasteiger charge is -2.33. The Morgan fingerprint density at radius 1 is 0.951 bits per heavy atom. The van der Waals surface area contributed by atoms with Crippen molar-refractivity contribution in [2.45, 2.75) is 44.4 Å². The van der Waals surface area contributed by atoms with Gasteiger partial charge in [-0.05, 0) is 61.4 Å². The van der Waals surface area contributed by atoms with Gasteiger partial charge in [-0.25, -0.2) is 14.2 Å². The molecule has 6 nitrogen and oxygen atoms in total. The van der Waals surface area contributed by atoms with Gasteiger partial charge in [0.15, 0.2) is 0 Å². The number of alkyl halides is 6. The van der Waals surface area contributed by atoms with Crippen molar-refractivity contribution in [2.24, 2.45) is 0 Å². The summed E-state index contributed by atoms with van der Waals surface area (Å²) in [4.78, 5) is 20.9. The van der Waals surface area contributed by atoms with Crippen LogP contribution in [0.25, 0.3) is 11.1 Å². The highest BCUT2D eigenvalue weighted by atomic mass is 19.4. The predicted octanol–water partition coefficient (Wildman–Crippen LogP) is 7.23. The van der Waals surface area contributed by atoms with Gasteiger partial charge in [-0.3, -0.25) is 4.90 Å². The van der Waals surface area contributed by atoms with E-state index in [1.807, 2.05) is 4.90 Å². The molecule has 0 spiro atoms. The molecule has 2 atom stereocenters. The summed E-state index contributed by atoms with van der Waals surface area (Å²) in [6.45, 7) is 2.83. The molecule has 2 aliphatic heterocycles. The van der Waals surface area contributed by atoms with Crippen molar-refractivity contribution in [1.29, 1.82) is 0 Å². The fourth-order valence-electron chi connectivity index (χ4n) is 4.93. The van der Waals surface area contributed by atoms with E-state index in [0.717, 1.165) is 19.5 Å². The topological polar surface area (TPSA) is 54.9 Å². The number of carbonyl (C=O) groups excluding carboxylic acids is 1. The Morgan fingerprint density at radius 3 is 2.15 bits per heavy atom. The van der Waals surface area contributed by atoms with E-state index >= 15 is 0 Å². The first-order chi connectivity index (χ1) is 19.3. The number of cyclic esters (lactones) is 1. The Labute approximate surface area is 230 Å². The molecule has 41 heavy (non-hydrogen) atoms. The second-order valence-electron chi connectivity index (χ2n) is 9.86. The minimum absolute atomic E-state index is 0.0241. The average Bonchev–Trinajstić information content (AvgIpc) is 3.15. The summed E-state index contributed by atoms with van der Waals surface area (Å²) in [6, 6.07) is 7.63. The highest BCUT2D eigenvalue weighted by Gasteiger charge is 2.43. The van der Waals surface area contributed by atoms with Crippen LogP contribution in [0.2, 0.25) is 0 Å². The number of pyridine rings is 1. The van der Waals surface area contributed by atoms with Crippen LogP contribution < -0.4 is 9.64 Å². The van der Waals surface area contributed by atoms with Crippen LogP contribution in [-0.2, 0) is 23.6 Å². The Balaban J connectivity index is 1.52. The highest BCUT2D eigenvalue weighted by molar-refractivity contribution is 5.75. The van der Waals surface area contributed by atoms with Gasteiger partial charge >= 0.3 is 18.4 Å². The lowest BCUT2D eigenvalue weighted by Crippen LogP contribution is -2.38. The van der Waals surface area contributed by atoms with E-state index in [1.165, 1.54) is 37.1 Å². The Morgan fingerprint density at radius 2 is 1.59 bits per heavy atom. The second kappa shape index (κ2) is 10.4. The number of aromatic nitrogens is 1. The van der Waals surface area contributed by atoms with Gasteiger partial charge in [-0.15, -0.1) is 0 Å². The maximum atomic E-state index is 13.9. The van der Waals surface area contributed by atoms with Gasteiger partial charge in [0.1, 0.15) is 23.5 Å². The van der Waals surface area contributed by atoms with Crippen molar-refractivity contribution in [1.82, 2.24) is 9.88 Å². The Hall–Kier alpha value is -4.03. The summed E-state index contributed by atoms with van der Waals surface area (Å²) in [6.07, 6.45) is -11.5. The molecule has 2 aromatic carbocycles. The number of hydrogen-bond donors (Lipinski definition) is 0. The zero-order chi connectivity index (χ0) is 29.7. The number of anilines is 1. The number of benzene rings is 2. The van der Waals surface area contributed by atoms with Crippen LogP contribution in [-0.4, -0.2) is 42.2 Å². The lowest BCUT2D eigenvalue weighted by atomic mass is 9.97. The summed E-state index contributed by atoms with van der Waals surface area (Å²) >= 11 is 0. The zero-order valence-electron chi connectivity index (χ0n) is 21.8. The van der Waals surface area contributed by atoms with Crippen molar-refractivity contribution in [2.75, 3.05) is 25.1 Å². The number of carbonyl (C=O) groups is 1. The lowest BCUT2D eigenvalue weighted by molar-refractivity contribution is -0.143. The molecule has 3 aromatic rings. The van der Waals surface area contributed by atoms with E-state index in [0.29, 0.717) is 34.8 Å². The van der Waals surface area contributed by atoms with Crippen LogP contribution in [0.5, 0.6) is 5.75 Å². The van der Waals surface area contributed by atoms with Gasteiger partial charge in [-0.1, -0.05) is 0 Å². The van der Waals surface area contributed by atoms with Crippen molar-refractivity contribution < 1.29 is 45.0 Å². The molecule has 0 bridgehead atoms. The van der Waals surface area contributed by atoms with E-state index in [-0.39, 0.29) is 18.4 Å². The minimum atomic E-state index is -5.05. The van der Waals surface area contributed by atoms with E-state index in [4.69, 9.17) is 14.5 Å². The van der Waals surface area contributed by atoms with Crippen molar-refractivity contribution >= 4 is 11.9 Å². The van der Waals surface area contributed by atoms with Crippen LogP contribution in [0, 0.1) is 5.82 Å². The van der Waals surface area contributed by atoms with E-state index in [9.17, 15) is 35.5 Å². The van der Waals surface area contributed by atoms with Crippen molar-refractivity contribution in [3.8, 4) is 16.9 Å². The quantitative estimate of drug-likeness (QED) is 0.287. The minimum Gasteiger partial charge on any atom is -0.496 e. The molecule has 3 heterocycles. The van der Waals surface area contributed by atoms with Crippen LogP contribution in [0.4, 0.5) is 41.3 Å². The van der Waals surface area contributed by atoms with Gasteiger partial charge in [0.2, 0.25) is 0 Å². The summed E-state index contributed by atoms with van der Waals surface area (Å²) in [7, 11) is 1.37. The monoisotopic (exact) mass is 583 g/mol. The first kappa shape index (κ1) is 28.5. The normalized spacial score (nSPS) is 19.3. The van der Waals surface area contributed by atoms with Gasteiger partial charge < -0.3 is 14.4 Å². The predicted molar refractivity (Wildman–Crippen MR) is 134 cm³/mol. The number of amides is 1. The third-order valence-electron chi connectivity index (χ3n) is 7.24. The van der Waals surface area contributed by atoms with Gasteiger partial charge in [-0.2, -0.15) is 26.3 Å².